The number of nitrogens with zero attached hydrogens (tertiary/aromatic N) is 1. The van der Waals surface area contributed by atoms with E-state index in [0.717, 1.165) is 25.9 Å². The molecular weight excluding hydrogens is 222 g/mol. The molecule has 1 fully saturated rings. The van der Waals surface area contributed by atoms with Crippen molar-refractivity contribution >= 4 is 23.2 Å². The summed E-state index contributed by atoms with van der Waals surface area (Å²) in [4.78, 5) is 13.8. The zero-order valence-corrected chi connectivity index (χ0v) is 11.1. The van der Waals surface area contributed by atoms with Gasteiger partial charge in [0.05, 0.1) is 0 Å². The highest BCUT2D eigenvalue weighted by Gasteiger charge is 2.23. The highest BCUT2D eigenvalue weighted by molar-refractivity contribution is 7.80. The van der Waals surface area contributed by atoms with E-state index in [9.17, 15) is 4.79 Å². The number of rotatable bonds is 3. The minimum absolute atomic E-state index is 0.144. The summed E-state index contributed by atoms with van der Waals surface area (Å²) in [6.45, 7) is 7.65. The molecule has 1 heterocycles. The van der Waals surface area contributed by atoms with Gasteiger partial charge in [-0.25, -0.2) is 0 Å². The van der Waals surface area contributed by atoms with Gasteiger partial charge in [0.1, 0.15) is 6.04 Å². The fraction of sp³-hybridized carbons (Fsp3) is 0.818. The normalized spacial score (nSPS) is 17.4. The molecule has 0 aliphatic carbocycles. The van der Waals surface area contributed by atoms with Crippen LogP contribution in [0.1, 0.15) is 33.6 Å². The highest BCUT2D eigenvalue weighted by atomic mass is 32.1. The summed E-state index contributed by atoms with van der Waals surface area (Å²) < 4.78 is 0. The topological polar surface area (TPSA) is 44.4 Å². The van der Waals surface area contributed by atoms with E-state index in [-0.39, 0.29) is 18.0 Å². The van der Waals surface area contributed by atoms with E-state index in [1.165, 1.54) is 0 Å². The molecule has 1 saturated heterocycles. The number of amides is 1. The maximum Gasteiger partial charge on any atom is 0.244 e. The lowest BCUT2D eigenvalue weighted by atomic mass is 10.3. The number of carbonyl (C=O) groups is 1. The molecule has 1 amide bonds. The maximum atomic E-state index is 11.9. The lowest BCUT2D eigenvalue weighted by Gasteiger charge is -2.23. The van der Waals surface area contributed by atoms with Gasteiger partial charge in [-0.3, -0.25) is 4.79 Å². The third-order valence-corrected chi connectivity index (χ3v) is 2.79. The zero-order valence-electron chi connectivity index (χ0n) is 10.2. The molecule has 4 nitrogen and oxygen atoms in total. The van der Waals surface area contributed by atoms with E-state index in [4.69, 9.17) is 12.2 Å². The van der Waals surface area contributed by atoms with E-state index in [1.54, 1.807) is 0 Å². The molecule has 0 aromatic rings. The lowest BCUT2D eigenvalue weighted by Crippen LogP contribution is -2.50. The molecule has 92 valence electrons. The van der Waals surface area contributed by atoms with Crippen LogP contribution in [-0.4, -0.2) is 41.1 Å². The minimum atomic E-state index is -0.239. The summed E-state index contributed by atoms with van der Waals surface area (Å²) in [5.74, 6) is 0.144. The number of hydrogen-bond donors (Lipinski definition) is 2. The number of carbonyl (C=O) groups excluding carboxylic acids is 1. The fourth-order valence-electron chi connectivity index (χ4n) is 1.77. The van der Waals surface area contributed by atoms with Gasteiger partial charge in [0, 0.05) is 19.1 Å². The van der Waals surface area contributed by atoms with Crippen LogP contribution >= 0.6 is 12.2 Å². The summed E-state index contributed by atoms with van der Waals surface area (Å²) in [6.07, 6.45) is 2.24. The molecule has 1 atom stereocenters. The quantitative estimate of drug-likeness (QED) is 0.722. The van der Waals surface area contributed by atoms with Crippen molar-refractivity contribution in [3.63, 3.8) is 0 Å². The van der Waals surface area contributed by atoms with Crippen molar-refractivity contribution in [1.29, 1.82) is 0 Å². The van der Waals surface area contributed by atoms with Crippen LogP contribution < -0.4 is 10.6 Å². The first kappa shape index (κ1) is 13.2. The fourth-order valence-corrected chi connectivity index (χ4v) is 2.19. The molecule has 5 heteroatoms. The van der Waals surface area contributed by atoms with E-state index < -0.39 is 0 Å². The third-order valence-electron chi connectivity index (χ3n) is 2.56. The Morgan fingerprint density at radius 2 is 1.75 bits per heavy atom. The molecule has 0 aromatic heterocycles. The van der Waals surface area contributed by atoms with Crippen LogP contribution in [0.2, 0.25) is 0 Å². The third kappa shape index (κ3) is 3.96. The molecule has 0 spiro atoms. The summed E-state index contributed by atoms with van der Waals surface area (Å²) in [6, 6.07) is 0.0472. The molecule has 0 bridgehead atoms. The Labute approximate surface area is 103 Å². The van der Waals surface area contributed by atoms with Crippen molar-refractivity contribution in [2.75, 3.05) is 13.1 Å². The van der Waals surface area contributed by atoms with Gasteiger partial charge < -0.3 is 15.5 Å². The Hall–Kier alpha value is -0.840. The SMILES string of the molecule is CC(C)NC(=S)NC(C)C(=O)N1CCCC1. The van der Waals surface area contributed by atoms with Gasteiger partial charge in [-0.2, -0.15) is 0 Å². The Bertz CT molecular complexity index is 262. The highest BCUT2D eigenvalue weighted by Crippen LogP contribution is 2.08. The molecule has 1 rings (SSSR count). The van der Waals surface area contributed by atoms with Crippen LogP contribution in [-0.2, 0) is 4.79 Å². The second kappa shape index (κ2) is 6.03. The van der Waals surface area contributed by atoms with Crippen molar-refractivity contribution in [3.05, 3.63) is 0 Å². The zero-order chi connectivity index (χ0) is 12.1. The van der Waals surface area contributed by atoms with E-state index in [1.807, 2.05) is 25.7 Å². The van der Waals surface area contributed by atoms with Crippen LogP contribution in [0.15, 0.2) is 0 Å². The first-order valence-electron chi connectivity index (χ1n) is 5.86. The second-order valence-corrected chi connectivity index (χ2v) is 4.93. The average Bonchev–Trinajstić information content (AvgIpc) is 2.67. The summed E-state index contributed by atoms with van der Waals surface area (Å²) in [7, 11) is 0. The van der Waals surface area contributed by atoms with Crippen LogP contribution in [0.3, 0.4) is 0 Å². The second-order valence-electron chi connectivity index (χ2n) is 4.53. The van der Waals surface area contributed by atoms with Gasteiger partial charge >= 0.3 is 0 Å². The standard InChI is InChI=1S/C11H21N3OS/c1-8(2)12-11(16)13-9(3)10(15)14-6-4-5-7-14/h8-9H,4-7H2,1-3H3,(H2,12,13,16). The summed E-state index contributed by atoms with van der Waals surface area (Å²) >= 11 is 5.11. The van der Waals surface area contributed by atoms with Crippen molar-refractivity contribution in [2.24, 2.45) is 0 Å². The molecule has 1 unspecified atom stereocenters. The average molecular weight is 243 g/mol. The Kier molecular flexibility index (Phi) is 4.99. The van der Waals surface area contributed by atoms with Gasteiger partial charge in [-0.1, -0.05) is 0 Å². The van der Waals surface area contributed by atoms with Crippen molar-refractivity contribution < 1.29 is 4.79 Å². The van der Waals surface area contributed by atoms with Crippen molar-refractivity contribution in [1.82, 2.24) is 15.5 Å². The van der Waals surface area contributed by atoms with E-state index >= 15 is 0 Å². The number of nitrogens with one attached hydrogen (secondary N) is 2. The molecular formula is C11H21N3OS. The summed E-state index contributed by atoms with van der Waals surface area (Å²) in [5.41, 5.74) is 0. The van der Waals surface area contributed by atoms with Crippen LogP contribution in [0.25, 0.3) is 0 Å². The van der Waals surface area contributed by atoms with Crippen molar-refractivity contribution in [2.45, 2.75) is 45.7 Å². The van der Waals surface area contributed by atoms with Gasteiger partial charge in [0.2, 0.25) is 5.91 Å². The first-order valence-corrected chi connectivity index (χ1v) is 6.27. The molecule has 0 saturated carbocycles. The minimum Gasteiger partial charge on any atom is -0.361 e. The van der Waals surface area contributed by atoms with Crippen LogP contribution in [0, 0.1) is 0 Å². The Morgan fingerprint density at radius 1 is 1.19 bits per heavy atom. The molecule has 1 aliphatic rings. The largest absolute Gasteiger partial charge is 0.361 e. The maximum absolute atomic E-state index is 11.9. The van der Waals surface area contributed by atoms with Crippen LogP contribution in [0.5, 0.6) is 0 Å². The van der Waals surface area contributed by atoms with Crippen molar-refractivity contribution in [3.8, 4) is 0 Å². The molecule has 2 N–H and O–H groups in total. The molecule has 0 radical (unpaired) electrons. The smallest absolute Gasteiger partial charge is 0.244 e. The van der Waals surface area contributed by atoms with Gasteiger partial charge in [0.25, 0.3) is 0 Å². The molecule has 16 heavy (non-hydrogen) atoms. The molecule has 1 aliphatic heterocycles. The predicted molar refractivity (Wildman–Crippen MR) is 69.3 cm³/mol. The number of thiocarbonyl (C=S) groups is 1. The number of likely N-dealkylation sites (tertiary alicyclic amines) is 1. The van der Waals surface area contributed by atoms with Gasteiger partial charge in [-0.15, -0.1) is 0 Å². The number of hydrogen-bond acceptors (Lipinski definition) is 2. The van der Waals surface area contributed by atoms with E-state index in [0.29, 0.717) is 5.11 Å². The predicted octanol–water partition coefficient (Wildman–Crippen LogP) is 0.870. The van der Waals surface area contributed by atoms with Gasteiger partial charge in [-0.05, 0) is 45.8 Å². The van der Waals surface area contributed by atoms with Gasteiger partial charge in [0.15, 0.2) is 5.11 Å². The lowest BCUT2D eigenvalue weighted by molar-refractivity contribution is -0.131. The Balaban J connectivity index is 2.35. The first-order chi connectivity index (χ1) is 7.50. The monoisotopic (exact) mass is 243 g/mol. The summed E-state index contributed by atoms with van der Waals surface area (Å²) in [5, 5.41) is 6.64. The molecule has 0 aromatic carbocycles. The van der Waals surface area contributed by atoms with E-state index in [2.05, 4.69) is 10.6 Å². The Morgan fingerprint density at radius 3 is 2.25 bits per heavy atom. The van der Waals surface area contributed by atoms with Crippen LogP contribution in [0.4, 0.5) is 0 Å².